The van der Waals surface area contributed by atoms with Crippen molar-refractivity contribution in [3.05, 3.63) is 65.2 Å². The Hall–Kier alpha value is -3.02. The van der Waals surface area contributed by atoms with Crippen LogP contribution >= 0.6 is 0 Å². The van der Waals surface area contributed by atoms with Crippen LogP contribution in [0.15, 0.2) is 53.5 Å². The van der Waals surface area contributed by atoms with Crippen LogP contribution in [0, 0.1) is 6.92 Å². The first-order valence-electron chi connectivity index (χ1n) is 9.03. The van der Waals surface area contributed by atoms with Gasteiger partial charge in [-0.3, -0.25) is 4.79 Å². The number of ether oxygens (including phenoxy) is 1. The maximum Gasteiger partial charge on any atom is 0.255 e. The van der Waals surface area contributed by atoms with Crippen molar-refractivity contribution in [2.75, 3.05) is 20.2 Å². The number of carbonyl (C=O) groups is 1. The lowest BCUT2D eigenvalue weighted by Crippen LogP contribution is -2.38. The molecule has 3 N–H and O–H groups in total. The number of benzene rings is 2. The zero-order valence-electron chi connectivity index (χ0n) is 16.2. The average molecular weight is 368 g/mol. The molecule has 2 aromatic carbocycles. The number of nitrogens with two attached hydrogens (primary N) is 1. The molecule has 6 heteroatoms. The van der Waals surface area contributed by atoms with Crippen molar-refractivity contribution in [3.8, 4) is 5.75 Å². The van der Waals surface area contributed by atoms with Crippen LogP contribution in [0.4, 0.5) is 0 Å². The minimum absolute atomic E-state index is 0.130. The molecule has 0 spiro atoms. The minimum Gasteiger partial charge on any atom is -0.484 e. The summed E-state index contributed by atoms with van der Waals surface area (Å²) < 4.78 is 5.35. The highest BCUT2D eigenvalue weighted by Gasteiger charge is 2.07. The van der Waals surface area contributed by atoms with Crippen LogP contribution in [0.25, 0.3) is 0 Å². The number of aryl methyl sites for hydroxylation is 1. The van der Waals surface area contributed by atoms with E-state index in [4.69, 9.17) is 15.5 Å². The Morgan fingerprint density at radius 3 is 2.59 bits per heavy atom. The van der Waals surface area contributed by atoms with Gasteiger partial charge in [-0.15, -0.1) is 0 Å². The maximum atomic E-state index is 10.8. The molecule has 6 nitrogen and oxygen atoms in total. The SMILES string of the molecule is CCNC(=NCc1cccc(OCC(N)=O)c1)N(C)Cc1ccc(C)cc1. The van der Waals surface area contributed by atoms with Gasteiger partial charge in [0.25, 0.3) is 5.91 Å². The number of aliphatic imine (C=N–C) groups is 1. The molecule has 2 rings (SSSR count). The highest BCUT2D eigenvalue weighted by atomic mass is 16.5. The molecule has 2 aromatic rings. The Kier molecular flexibility index (Phi) is 7.67. The summed E-state index contributed by atoms with van der Waals surface area (Å²) in [5.74, 6) is 0.951. The van der Waals surface area contributed by atoms with Crippen LogP contribution in [-0.2, 0) is 17.9 Å². The van der Waals surface area contributed by atoms with Crippen molar-refractivity contribution in [1.29, 1.82) is 0 Å². The Balaban J connectivity index is 2.04. The summed E-state index contributed by atoms with van der Waals surface area (Å²) in [6.07, 6.45) is 0. The number of carbonyl (C=O) groups excluding carboxylic acids is 1. The number of primary amides is 1. The van der Waals surface area contributed by atoms with Crippen molar-refractivity contribution in [2.45, 2.75) is 26.9 Å². The van der Waals surface area contributed by atoms with Gasteiger partial charge in [-0.25, -0.2) is 4.99 Å². The van der Waals surface area contributed by atoms with Crippen molar-refractivity contribution in [1.82, 2.24) is 10.2 Å². The fourth-order valence-electron chi connectivity index (χ4n) is 2.57. The van der Waals surface area contributed by atoms with Crippen molar-refractivity contribution >= 4 is 11.9 Å². The van der Waals surface area contributed by atoms with E-state index >= 15 is 0 Å². The molecule has 0 aromatic heterocycles. The first-order valence-corrected chi connectivity index (χ1v) is 9.03. The molecule has 0 saturated heterocycles. The van der Waals surface area contributed by atoms with Gasteiger partial charge < -0.3 is 20.7 Å². The fraction of sp³-hybridized carbons (Fsp3) is 0.333. The van der Waals surface area contributed by atoms with Gasteiger partial charge in [0.15, 0.2) is 12.6 Å². The molecule has 0 bridgehead atoms. The Bertz CT molecular complexity index is 772. The number of hydrogen-bond donors (Lipinski definition) is 2. The number of hydrogen-bond acceptors (Lipinski definition) is 3. The number of nitrogens with one attached hydrogen (secondary N) is 1. The van der Waals surface area contributed by atoms with E-state index in [1.165, 1.54) is 11.1 Å². The van der Waals surface area contributed by atoms with Gasteiger partial charge in [0.1, 0.15) is 5.75 Å². The van der Waals surface area contributed by atoms with E-state index in [0.717, 1.165) is 24.6 Å². The van der Waals surface area contributed by atoms with Gasteiger partial charge in [0, 0.05) is 20.1 Å². The van der Waals surface area contributed by atoms with E-state index < -0.39 is 5.91 Å². The van der Waals surface area contributed by atoms with E-state index in [-0.39, 0.29) is 6.61 Å². The molecule has 144 valence electrons. The molecule has 0 fully saturated rings. The van der Waals surface area contributed by atoms with E-state index in [1.807, 2.05) is 32.2 Å². The molecule has 0 radical (unpaired) electrons. The van der Waals surface area contributed by atoms with E-state index in [0.29, 0.717) is 12.3 Å². The van der Waals surface area contributed by atoms with Gasteiger partial charge >= 0.3 is 0 Å². The second-order valence-electron chi connectivity index (χ2n) is 6.41. The number of guanidine groups is 1. The van der Waals surface area contributed by atoms with Gasteiger partial charge in [0.05, 0.1) is 6.54 Å². The molecule has 0 heterocycles. The van der Waals surface area contributed by atoms with Crippen molar-refractivity contribution in [3.63, 3.8) is 0 Å². The van der Waals surface area contributed by atoms with E-state index in [9.17, 15) is 4.79 Å². The summed E-state index contributed by atoms with van der Waals surface area (Å²) in [6, 6.07) is 16.0. The Labute approximate surface area is 161 Å². The first-order chi connectivity index (χ1) is 13.0. The minimum atomic E-state index is -0.495. The predicted octanol–water partition coefficient (Wildman–Crippen LogP) is 2.46. The lowest BCUT2D eigenvalue weighted by atomic mass is 10.1. The second-order valence-corrected chi connectivity index (χ2v) is 6.41. The van der Waals surface area contributed by atoms with Crippen molar-refractivity contribution in [2.24, 2.45) is 10.7 Å². The number of rotatable bonds is 8. The summed E-state index contributed by atoms with van der Waals surface area (Å²) in [5.41, 5.74) is 8.59. The monoisotopic (exact) mass is 368 g/mol. The quantitative estimate of drug-likeness (QED) is 0.554. The first kappa shape index (κ1) is 20.3. The molecule has 27 heavy (non-hydrogen) atoms. The largest absolute Gasteiger partial charge is 0.484 e. The van der Waals surface area contributed by atoms with E-state index in [1.54, 1.807) is 6.07 Å². The summed E-state index contributed by atoms with van der Waals surface area (Å²) in [7, 11) is 2.02. The second kappa shape index (κ2) is 10.2. The van der Waals surface area contributed by atoms with Gasteiger partial charge in [0.2, 0.25) is 0 Å². The molecule has 0 aliphatic carbocycles. The smallest absolute Gasteiger partial charge is 0.255 e. The Morgan fingerprint density at radius 1 is 1.19 bits per heavy atom. The molecule has 0 aliphatic heterocycles. The lowest BCUT2D eigenvalue weighted by Gasteiger charge is -2.22. The highest BCUT2D eigenvalue weighted by molar-refractivity contribution is 5.79. The highest BCUT2D eigenvalue weighted by Crippen LogP contribution is 2.14. The number of nitrogens with zero attached hydrogens (tertiary/aromatic N) is 2. The third-order valence-corrected chi connectivity index (χ3v) is 3.93. The summed E-state index contributed by atoms with van der Waals surface area (Å²) in [6.45, 7) is 6.07. The molecule has 0 aliphatic rings. The van der Waals surface area contributed by atoms with Crippen LogP contribution in [0.2, 0.25) is 0 Å². The van der Waals surface area contributed by atoms with Crippen LogP contribution < -0.4 is 15.8 Å². The van der Waals surface area contributed by atoms with Crippen LogP contribution in [0.3, 0.4) is 0 Å². The molecular formula is C21H28N4O2. The molecule has 0 atom stereocenters. The van der Waals surface area contributed by atoms with Gasteiger partial charge in [-0.2, -0.15) is 0 Å². The zero-order valence-corrected chi connectivity index (χ0v) is 16.2. The van der Waals surface area contributed by atoms with Crippen LogP contribution in [0.1, 0.15) is 23.6 Å². The summed E-state index contributed by atoms with van der Waals surface area (Å²) in [5, 5.41) is 3.32. The lowest BCUT2D eigenvalue weighted by molar-refractivity contribution is -0.119. The molecule has 0 unspecified atom stereocenters. The molecule has 1 amide bonds. The standard InChI is InChI=1S/C21H28N4O2/c1-4-23-21(25(3)14-17-10-8-16(2)9-11-17)24-13-18-6-5-7-19(12-18)27-15-20(22)26/h5-12H,4,13-15H2,1-3H3,(H2,22,26)(H,23,24). The molecular weight excluding hydrogens is 340 g/mol. The van der Waals surface area contributed by atoms with Crippen molar-refractivity contribution < 1.29 is 9.53 Å². The molecule has 0 saturated carbocycles. The average Bonchev–Trinajstić information content (AvgIpc) is 2.65. The van der Waals surface area contributed by atoms with Gasteiger partial charge in [-0.1, -0.05) is 42.0 Å². The third kappa shape index (κ3) is 7.01. The third-order valence-electron chi connectivity index (χ3n) is 3.93. The fourth-order valence-corrected chi connectivity index (χ4v) is 2.57. The summed E-state index contributed by atoms with van der Waals surface area (Å²) >= 11 is 0. The number of amides is 1. The van der Waals surface area contributed by atoms with Gasteiger partial charge in [-0.05, 0) is 37.1 Å². The zero-order chi connectivity index (χ0) is 19.6. The normalized spacial score (nSPS) is 11.1. The predicted molar refractivity (Wildman–Crippen MR) is 109 cm³/mol. The maximum absolute atomic E-state index is 10.8. The van der Waals surface area contributed by atoms with Crippen LogP contribution in [0.5, 0.6) is 5.75 Å². The summed E-state index contributed by atoms with van der Waals surface area (Å²) in [4.78, 5) is 17.7. The van der Waals surface area contributed by atoms with Crippen LogP contribution in [-0.4, -0.2) is 37.0 Å². The Morgan fingerprint density at radius 2 is 1.93 bits per heavy atom. The topological polar surface area (TPSA) is 80.0 Å². The van der Waals surface area contributed by atoms with E-state index in [2.05, 4.69) is 41.4 Å².